The highest BCUT2D eigenvalue weighted by Crippen LogP contribution is 2.30. The Hall–Kier alpha value is -2.05. The Morgan fingerprint density at radius 3 is 2.62 bits per heavy atom. The molecular weight excluding hydrogens is 336 g/mol. The van der Waals surface area contributed by atoms with Crippen molar-refractivity contribution in [1.82, 2.24) is 9.55 Å². The molecule has 2 aromatic carbocycles. The molecule has 0 aliphatic rings. The highest BCUT2D eigenvalue weighted by Gasteiger charge is 2.09. The third kappa shape index (κ3) is 4.07. The molecule has 1 N–H and O–H groups in total. The second-order valence-corrected chi connectivity index (χ2v) is 6.96. The second kappa shape index (κ2) is 7.68. The fourth-order valence-corrected chi connectivity index (χ4v) is 3.21. The topological polar surface area (TPSA) is 33.1 Å². The number of aryl methyl sites for hydroxylation is 1. The molecule has 0 amide bonds. The van der Waals surface area contributed by atoms with Gasteiger partial charge in [-0.25, -0.2) is 4.98 Å². The van der Waals surface area contributed by atoms with Gasteiger partial charge in [0.15, 0.2) is 0 Å². The van der Waals surface area contributed by atoms with Crippen LogP contribution in [0.5, 0.6) is 0 Å². The van der Waals surface area contributed by atoms with Crippen LogP contribution in [0.15, 0.2) is 70.8 Å². The van der Waals surface area contributed by atoms with Crippen LogP contribution in [0.1, 0.15) is 5.69 Å². The van der Waals surface area contributed by atoms with E-state index < -0.39 is 0 Å². The summed E-state index contributed by atoms with van der Waals surface area (Å²) in [6.07, 6.45) is 3.73. The Labute approximate surface area is 152 Å². The van der Waals surface area contributed by atoms with Gasteiger partial charge in [-0.2, -0.15) is 0 Å². The molecular formula is C18H20N4S2. The first-order chi connectivity index (χ1) is 11.6. The number of thiol groups is 1. The Bertz CT molecular complexity index is 799. The zero-order valence-electron chi connectivity index (χ0n) is 13.7. The standard InChI is InChI=1S/C18H20N4S2/c1-21(12-14-11-19-13-22(14)2)18-6-4-3-5-17(18)20-24-16-9-7-15(23)8-10-16/h3-11,13,20,23H,12H2,1-2H3. The average Bonchev–Trinajstić information content (AvgIpc) is 2.99. The van der Waals surface area contributed by atoms with E-state index in [1.165, 1.54) is 5.69 Å². The Morgan fingerprint density at radius 2 is 1.92 bits per heavy atom. The molecule has 0 unspecified atom stereocenters. The summed E-state index contributed by atoms with van der Waals surface area (Å²) in [6, 6.07) is 16.4. The maximum absolute atomic E-state index is 4.32. The molecule has 0 radical (unpaired) electrons. The minimum absolute atomic E-state index is 0.800. The van der Waals surface area contributed by atoms with Gasteiger partial charge in [0.25, 0.3) is 0 Å². The van der Waals surface area contributed by atoms with Gasteiger partial charge in [-0.3, -0.25) is 0 Å². The van der Waals surface area contributed by atoms with E-state index in [1.807, 2.05) is 42.3 Å². The molecule has 0 saturated carbocycles. The fraction of sp³-hybridized carbons (Fsp3) is 0.167. The smallest absolute Gasteiger partial charge is 0.0946 e. The maximum atomic E-state index is 4.32. The maximum Gasteiger partial charge on any atom is 0.0946 e. The largest absolute Gasteiger partial charge is 0.367 e. The van der Waals surface area contributed by atoms with Gasteiger partial charge >= 0.3 is 0 Å². The summed E-state index contributed by atoms with van der Waals surface area (Å²) in [7, 11) is 4.11. The second-order valence-electron chi connectivity index (χ2n) is 5.57. The minimum atomic E-state index is 0.800. The summed E-state index contributed by atoms with van der Waals surface area (Å²) in [5.74, 6) is 0. The van der Waals surface area contributed by atoms with Gasteiger partial charge in [0.1, 0.15) is 0 Å². The number of benzene rings is 2. The van der Waals surface area contributed by atoms with Gasteiger partial charge in [-0.05, 0) is 48.3 Å². The quantitative estimate of drug-likeness (QED) is 0.504. The first-order valence-corrected chi connectivity index (χ1v) is 8.87. The predicted octanol–water partition coefficient (Wildman–Crippen LogP) is 4.46. The molecule has 1 heterocycles. The van der Waals surface area contributed by atoms with Crippen molar-refractivity contribution in [2.75, 3.05) is 16.7 Å². The summed E-state index contributed by atoms with van der Waals surface area (Å²) in [4.78, 5) is 8.52. The van der Waals surface area contributed by atoms with Crippen LogP contribution in [-0.2, 0) is 13.6 Å². The number of para-hydroxylation sites is 2. The minimum Gasteiger partial charge on any atom is -0.367 e. The van der Waals surface area contributed by atoms with E-state index in [-0.39, 0.29) is 0 Å². The van der Waals surface area contributed by atoms with Gasteiger partial charge in [0.2, 0.25) is 0 Å². The van der Waals surface area contributed by atoms with E-state index in [0.29, 0.717) is 0 Å². The number of anilines is 2. The van der Waals surface area contributed by atoms with Crippen LogP contribution in [0.4, 0.5) is 11.4 Å². The molecule has 1 aromatic heterocycles. The van der Waals surface area contributed by atoms with Crippen LogP contribution in [0.25, 0.3) is 0 Å². The molecule has 124 valence electrons. The van der Waals surface area contributed by atoms with Gasteiger partial charge in [-0.1, -0.05) is 12.1 Å². The molecule has 0 spiro atoms. The predicted molar refractivity (Wildman–Crippen MR) is 105 cm³/mol. The van der Waals surface area contributed by atoms with Gasteiger partial charge in [0, 0.05) is 30.1 Å². The zero-order chi connectivity index (χ0) is 16.9. The molecule has 3 rings (SSSR count). The summed E-state index contributed by atoms with van der Waals surface area (Å²) < 4.78 is 5.49. The number of imidazole rings is 1. The van der Waals surface area contributed by atoms with Crippen molar-refractivity contribution in [3.05, 3.63) is 66.7 Å². The lowest BCUT2D eigenvalue weighted by molar-refractivity contribution is 0.789. The van der Waals surface area contributed by atoms with Crippen LogP contribution in [0.3, 0.4) is 0 Å². The van der Waals surface area contributed by atoms with Crippen LogP contribution in [-0.4, -0.2) is 16.6 Å². The molecule has 0 fully saturated rings. The fourth-order valence-electron chi connectivity index (χ4n) is 2.39. The number of hydrogen-bond acceptors (Lipinski definition) is 5. The van der Waals surface area contributed by atoms with Crippen LogP contribution >= 0.6 is 24.6 Å². The van der Waals surface area contributed by atoms with E-state index in [1.54, 1.807) is 11.9 Å². The van der Waals surface area contributed by atoms with Gasteiger partial charge in [-0.15, -0.1) is 12.6 Å². The number of nitrogens with one attached hydrogen (secondary N) is 1. The van der Waals surface area contributed by atoms with Crippen molar-refractivity contribution in [1.29, 1.82) is 0 Å². The number of hydrogen-bond donors (Lipinski definition) is 2. The van der Waals surface area contributed by atoms with E-state index >= 15 is 0 Å². The van der Waals surface area contributed by atoms with E-state index in [0.717, 1.165) is 27.7 Å². The van der Waals surface area contributed by atoms with Crippen LogP contribution in [0.2, 0.25) is 0 Å². The Kier molecular flexibility index (Phi) is 5.37. The molecule has 3 aromatic rings. The SMILES string of the molecule is CN(Cc1cncn1C)c1ccccc1NSc1ccc(S)cc1. The molecule has 0 aliphatic carbocycles. The first kappa shape index (κ1) is 16.8. The highest BCUT2D eigenvalue weighted by molar-refractivity contribution is 8.00. The van der Waals surface area contributed by atoms with Crippen molar-refractivity contribution >= 4 is 36.0 Å². The lowest BCUT2D eigenvalue weighted by atomic mass is 10.2. The summed E-state index contributed by atoms with van der Waals surface area (Å²) >= 11 is 5.92. The molecule has 0 aliphatic heterocycles. The van der Waals surface area contributed by atoms with Crippen molar-refractivity contribution in [2.24, 2.45) is 7.05 Å². The van der Waals surface area contributed by atoms with Crippen molar-refractivity contribution in [2.45, 2.75) is 16.3 Å². The lowest BCUT2D eigenvalue weighted by Crippen LogP contribution is -2.19. The summed E-state index contributed by atoms with van der Waals surface area (Å²) in [5, 5.41) is 0. The lowest BCUT2D eigenvalue weighted by Gasteiger charge is -2.22. The van der Waals surface area contributed by atoms with Crippen molar-refractivity contribution in [3.8, 4) is 0 Å². The zero-order valence-corrected chi connectivity index (χ0v) is 15.4. The monoisotopic (exact) mass is 356 g/mol. The van der Waals surface area contributed by atoms with Gasteiger partial charge in [0.05, 0.1) is 29.9 Å². The van der Waals surface area contributed by atoms with E-state index in [2.05, 4.69) is 64.6 Å². The molecule has 24 heavy (non-hydrogen) atoms. The van der Waals surface area contributed by atoms with Crippen molar-refractivity contribution < 1.29 is 0 Å². The number of rotatable bonds is 6. The number of nitrogens with zero attached hydrogens (tertiary/aromatic N) is 3. The molecule has 4 nitrogen and oxygen atoms in total. The number of aromatic nitrogens is 2. The van der Waals surface area contributed by atoms with Crippen molar-refractivity contribution in [3.63, 3.8) is 0 Å². The molecule has 0 saturated heterocycles. The summed E-state index contributed by atoms with van der Waals surface area (Å²) in [6.45, 7) is 0.800. The molecule has 0 bridgehead atoms. The van der Waals surface area contributed by atoms with Crippen LogP contribution in [0, 0.1) is 0 Å². The van der Waals surface area contributed by atoms with Gasteiger partial charge < -0.3 is 14.2 Å². The normalized spacial score (nSPS) is 10.6. The highest BCUT2D eigenvalue weighted by atomic mass is 32.2. The average molecular weight is 357 g/mol. The Morgan fingerprint density at radius 1 is 1.17 bits per heavy atom. The third-order valence-corrected chi connectivity index (χ3v) is 4.87. The molecule has 6 heteroatoms. The molecule has 0 atom stereocenters. The van der Waals surface area contributed by atoms with E-state index in [4.69, 9.17) is 0 Å². The third-order valence-electron chi connectivity index (χ3n) is 3.75. The summed E-state index contributed by atoms with van der Waals surface area (Å²) in [5.41, 5.74) is 3.41. The first-order valence-electron chi connectivity index (χ1n) is 7.61. The van der Waals surface area contributed by atoms with E-state index in [9.17, 15) is 0 Å². The van der Waals surface area contributed by atoms with Crippen LogP contribution < -0.4 is 9.62 Å². The Balaban J connectivity index is 1.72.